The van der Waals surface area contributed by atoms with Gasteiger partial charge in [-0.3, -0.25) is 14.1 Å². The third-order valence-corrected chi connectivity index (χ3v) is 5.83. The number of ether oxygens (including phenoxy) is 1. The summed E-state index contributed by atoms with van der Waals surface area (Å²) in [5.41, 5.74) is 1.38. The minimum absolute atomic E-state index is 0.0571. The van der Waals surface area contributed by atoms with Crippen molar-refractivity contribution in [2.75, 3.05) is 13.1 Å². The van der Waals surface area contributed by atoms with Crippen LogP contribution in [-0.2, 0) is 6.61 Å². The fourth-order valence-electron chi connectivity index (χ4n) is 4.09. The van der Waals surface area contributed by atoms with Crippen molar-refractivity contribution in [3.05, 3.63) is 58.7 Å². The van der Waals surface area contributed by atoms with E-state index in [1.54, 1.807) is 29.3 Å². The van der Waals surface area contributed by atoms with Crippen LogP contribution in [0.25, 0.3) is 5.65 Å². The third kappa shape index (κ3) is 5.38. The number of Topliss-reactive ketones (excluding diaryl/α,β-unsaturated/α-hetero) is 1. The summed E-state index contributed by atoms with van der Waals surface area (Å²) in [6.07, 6.45) is 1.71. The normalized spacial score (nSPS) is 13.9. The van der Waals surface area contributed by atoms with E-state index >= 15 is 0 Å². The number of fused-ring (bicyclic) bond motifs is 1. The zero-order chi connectivity index (χ0) is 24.4. The molecule has 1 fully saturated rings. The number of nitrogens with zero attached hydrogens (tertiary/aromatic N) is 4. The molecule has 1 aromatic carbocycles. The molecule has 0 spiro atoms. The van der Waals surface area contributed by atoms with Gasteiger partial charge in [0.25, 0.3) is 12.3 Å². The fourth-order valence-corrected chi connectivity index (χ4v) is 4.09. The Labute approximate surface area is 194 Å². The van der Waals surface area contributed by atoms with Crippen molar-refractivity contribution in [1.29, 1.82) is 0 Å². The number of rotatable bonds is 11. The fraction of sp³-hybridized carbons (Fsp3) is 0.458. The Morgan fingerprint density at radius 1 is 1.21 bits per heavy atom. The number of alkyl halides is 2. The first-order chi connectivity index (χ1) is 16.2. The molecule has 0 saturated heterocycles. The van der Waals surface area contributed by atoms with E-state index in [-0.39, 0.29) is 48.5 Å². The van der Waals surface area contributed by atoms with Crippen molar-refractivity contribution >= 4 is 11.4 Å². The first-order valence-corrected chi connectivity index (χ1v) is 11.2. The molecule has 0 N–H and O–H groups in total. The van der Waals surface area contributed by atoms with Gasteiger partial charge in [-0.25, -0.2) is 27.5 Å². The number of aromatic nitrogens is 3. The van der Waals surface area contributed by atoms with Gasteiger partial charge < -0.3 is 4.74 Å². The second kappa shape index (κ2) is 10.1. The predicted molar refractivity (Wildman–Crippen MR) is 117 cm³/mol. The van der Waals surface area contributed by atoms with E-state index in [9.17, 15) is 22.4 Å². The number of halogens is 4. The Hall–Kier alpha value is -3.01. The van der Waals surface area contributed by atoms with Crippen LogP contribution in [0.1, 0.15) is 53.1 Å². The predicted octanol–water partition coefficient (Wildman–Crippen LogP) is 4.90. The van der Waals surface area contributed by atoms with E-state index in [0.717, 1.165) is 25.0 Å². The van der Waals surface area contributed by atoms with Gasteiger partial charge in [0.05, 0.1) is 23.5 Å². The second-order valence-corrected chi connectivity index (χ2v) is 8.56. The topological polar surface area (TPSA) is 59.7 Å². The Kier molecular flexibility index (Phi) is 7.16. The molecule has 0 amide bonds. The standard InChI is InChI=1S/C24H26F4N4O2/c1-14-11-32-22(20(33)7-4-10-31(12-21(27)28)16-8-9-16)15(2)30-23(32)24(29-14)34-13-17-18(25)5-3-6-19(17)26/h3,5-6,11,16,21H,4,7-10,12-13H2,1-2H3. The average molecular weight is 478 g/mol. The molecule has 1 aliphatic rings. The summed E-state index contributed by atoms with van der Waals surface area (Å²) in [5, 5.41) is 0. The molecule has 1 aliphatic carbocycles. The highest BCUT2D eigenvalue weighted by Crippen LogP contribution is 2.28. The Morgan fingerprint density at radius 2 is 1.91 bits per heavy atom. The van der Waals surface area contributed by atoms with Crippen LogP contribution in [0.2, 0.25) is 0 Å². The molecular formula is C24H26F4N4O2. The smallest absolute Gasteiger partial charge is 0.258 e. The molecule has 4 rings (SSSR count). The molecule has 3 aromatic rings. The number of hydrogen-bond donors (Lipinski definition) is 0. The van der Waals surface area contributed by atoms with Crippen LogP contribution in [-0.4, -0.2) is 50.6 Å². The van der Waals surface area contributed by atoms with Crippen molar-refractivity contribution in [3.8, 4) is 5.88 Å². The molecule has 1 saturated carbocycles. The zero-order valence-electron chi connectivity index (χ0n) is 19.0. The SMILES string of the molecule is Cc1cn2c(C(=O)CCCN(CC(F)F)C3CC3)c(C)nc2c(OCc2c(F)cccc2F)n1. The lowest BCUT2D eigenvalue weighted by Crippen LogP contribution is -2.32. The van der Waals surface area contributed by atoms with E-state index in [1.165, 1.54) is 6.07 Å². The largest absolute Gasteiger partial charge is 0.470 e. The van der Waals surface area contributed by atoms with Gasteiger partial charge in [-0.1, -0.05) is 6.07 Å². The van der Waals surface area contributed by atoms with Crippen molar-refractivity contribution in [2.24, 2.45) is 0 Å². The number of aryl methyl sites for hydroxylation is 2. The first-order valence-electron chi connectivity index (χ1n) is 11.2. The molecule has 0 radical (unpaired) electrons. The van der Waals surface area contributed by atoms with Gasteiger partial charge in [-0.05, 0) is 51.8 Å². The number of carbonyl (C=O) groups excluding carboxylic acids is 1. The summed E-state index contributed by atoms with van der Waals surface area (Å²) in [5.74, 6) is -1.58. The molecule has 10 heteroatoms. The highest BCUT2D eigenvalue weighted by Gasteiger charge is 2.30. The maximum atomic E-state index is 14.0. The average Bonchev–Trinajstić information content (AvgIpc) is 3.55. The lowest BCUT2D eigenvalue weighted by molar-refractivity contribution is 0.0817. The molecule has 0 unspecified atom stereocenters. The molecule has 2 aromatic heterocycles. The Balaban J connectivity index is 1.50. The summed E-state index contributed by atoms with van der Waals surface area (Å²) < 4.78 is 60.8. The molecule has 182 valence electrons. The maximum Gasteiger partial charge on any atom is 0.258 e. The zero-order valence-corrected chi connectivity index (χ0v) is 19.0. The number of ketones is 1. The number of imidazole rings is 1. The van der Waals surface area contributed by atoms with E-state index in [4.69, 9.17) is 4.74 Å². The van der Waals surface area contributed by atoms with Gasteiger partial charge in [0.2, 0.25) is 5.65 Å². The van der Waals surface area contributed by atoms with E-state index in [0.29, 0.717) is 30.0 Å². The molecule has 2 heterocycles. The number of benzene rings is 1. The minimum Gasteiger partial charge on any atom is -0.470 e. The van der Waals surface area contributed by atoms with Crippen LogP contribution in [0.15, 0.2) is 24.4 Å². The highest BCUT2D eigenvalue weighted by molar-refractivity contribution is 5.96. The highest BCUT2D eigenvalue weighted by atomic mass is 19.3. The first kappa shape index (κ1) is 24.1. The van der Waals surface area contributed by atoms with Crippen LogP contribution in [0.4, 0.5) is 17.6 Å². The lowest BCUT2D eigenvalue weighted by Gasteiger charge is -2.21. The summed E-state index contributed by atoms with van der Waals surface area (Å²) >= 11 is 0. The summed E-state index contributed by atoms with van der Waals surface area (Å²) in [6.45, 7) is 3.16. The lowest BCUT2D eigenvalue weighted by atomic mass is 10.1. The minimum atomic E-state index is -2.40. The molecular weight excluding hydrogens is 452 g/mol. The van der Waals surface area contributed by atoms with Gasteiger partial charge in [0.1, 0.15) is 23.9 Å². The van der Waals surface area contributed by atoms with Crippen LogP contribution >= 0.6 is 0 Å². The molecule has 6 nitrogen and oxygen atoms in total. The van der Waals surface area contributed by atoms with Gasteiger partial charge in [-0.2, -0.15) is 0 Å². The third-order valence-electron chi connectivity index (χ3n) is 5.83. The Morgan fingerprint density at radius 3 is 2.56 bits per heavy atom. The Bertz CT molecular complexity index is 1170. The van der Waals surface area contributed by atoms with Crippen molar-refractivity contribution < 1.29 is 27.1 Å². The van der Waals surface area contributed by atoms with Crippen LogP contribution < -0.4 is 4.74 Å². The monoisotopic (exact) mass is 478 g/mol. The molecule has 0 atom stereocenters. The quantitative estimate of drug-likeness (QED) is 0.290. The summed E-state index contributed by atoms with van der Waals surface area (Å²) in [6, 6.07) is 3.74. The molecule has 0 aliphatic heterocycles. The second-order valence-electron chi connectivity index (χ2n) is 8.56. The van der Waals surface area contributed by atoms with E-state index in [2.05, 4.69) is 9.97 Å². The van der Waals surface area contributed by atoms with E-state index < -0.39 is 18.1 Å². The molecule has 0 bridgehead atoms. The van der Waals surface area contributed by atoms with Gasteiger partial charge in [0.15, 0.2) is 5.78 Å². The van der Waals surface area contributed by atoms with Gasteiger partial charge in [0, 0.05) is 18.7 Å². The van der Waals surface area contributed by atoms with Gasteiger partial charge in [-0.15, -0.1) is 0 Å². The van der Waals surface area contributed by atoms with Crippen molar-refractivity contribution in [2.45, 2.75) is 58.6 Å². The van der Waals surface area contributed by atoms with E-state index in [1.807, 2.05) is 0 Å². The van der Waals surface area contributed by atoms with Crippen LogP contribution in [0, 0.1) is 25.5 Å². The molecule has 34 heavy (non-hydrogen) atoms. The van der Waals surface area contributed by atoms with Crippen LogP contribution in [0.3, 0.4) is 0 Å². The number of carbonyl (C=O) groups is 1. The van der Waals surface area contributed by atoms with Crippen molar-refractivity contribution in [3.63, 3.8) is 0 Å². The van der Waals surface area contributed by atoms with Gasteiger partial charge >= 0.3 is 0 Å². The summed E-state index contributed by atoms with van der Waals surface area (Å²) in [4.78, 5) is 23.5. The number of hydrogen-bond acceptors (Lipinski definition) is 5. The van der Waals surface area contributed by atoms with Crippen molar-refractivity contribution in [1.82, 2.24) is 19.3 Å². The summed E-state index contributed by atoms with van der Waals surface area (Å²) in [7, 11) is 0. The van der Waals surface area contributed by atoms with Crippen LogP contribution in [0.5, 0.6) is 5.88 Å². The maximum absolute atomic E-state index is 14.0.